The topological polar surface area (TPSA) is 249 Å². The Hall–Kier alpha value is -3.51. The third-order valence-corrected chi connectivity index (χ3v) is 7.18. The molecule has 1 aromatic heterocycles. The number of hydrogen-bond acceptors (Lipinski definition) is 15. The summed E-state index contributed by atoms with van der Waals surface area (Å²) in [5, 5.41) is 90.7. The number of aliphatic hydroxyl groups excluding tert-OH is 7. The molecule has 3 aromatic rings. The molecule has 0 bridgehead atoms. The van der Waals surface area contributed by atoms with Gasteiger partial charge in [0.2, 0.25) is 23.8 Å². The third-order valence-electron chi connectivity index (χ3n) is 7.18. The molecule has 42 heavy (non-hydrogen) atoms. The number of benzene rings is 2. The summed E-state index contributed by atoms with van der Waals surface area (Å²) < 4.78 is 28.0. The monoisotopic (exact) mass is 594 g/mol. The molecule has 2 aromatic carbocycles. The average molecular weight is 595 g/mol. The molecular weight excluding hydrogens is 564 g/mol. The number of aliphatic hydroxyl groups is 7. The van der Waals surface area contributed by atoms with Crippen LogP contribution in [0.25, 0.3) is 22.3 Å². The Kier molecular flexibility index (Phi) is 8.30. The van der Waals surface area contributed by atoms with E-state index in [0.29, 0.717) is 0 Å². The Morgan fingerprint density at radius 3 is 2.05 bits per heavy atom. The Morgan fingerprint density at radius 2 is 1.40 bits per heavy atom. The first kappa shape index (κ1) is 30.0. The highest BCUT2D eigenvalue weighted by Gasteiger charge is 2.46. The summed E-state index contributed by atoms with van der Waals surface area (Å²) in [4.78, 5) is 13.7. The maximum absolute atomic E-state index is 13.7. The SMILES string of the molecule is C[C@H]1O[C@@H](Oc2cc(O)c3c(=O)c(O[C@@H]4O[C@H](CO)[C@H](O)[C@H](O)[C@H]4O)c(-c4ccc(O)cc4)oc3c2)[C@H](O)[C@H](O)[C@H]1O. The van der Waals surface area contributed by atoms with Crippen molar-refractivity contribution in [2.75, 3.05) is 6.61 Å². The van der Waals surface area contributed by atoms with Gasteiger partial charge in [0.15, 0.2) is 5.76 Å². The Bertz CT molecular complexity index is 1470. The Balaban J connectivity index is 1.58. The number of fused-ring (bicyclic) bond motifs is 1. The molecule has 0 radical (unpaired) electrons. The second-order valence-corrected chi connectivity index (χ2v) is 10.1. The molecule has 0 amide bonds. The zero-order chi connectivity index (χ0) is 30.5. The molecule has 15 nitrogen and oxygen atoms in total. The van der Waals surface area contributed by atoms with Crippen LogP contribution >= 0.6 is 0 Å². The predicted molar refractivity (Wildman–Crippen MR) is 139 cm³/mol. The molecule has 0 aliphatic carbocycles. The molecule has 5 rings (SSSR count). The van der Waals surface area contributed by atoms with E-state index in [1.165, 1.54) is 37.3 Å². The maximum Gasteiger partial charge on any atom is 0.239 e. The number of ether oxygens (including phenoxy) is 4. The minimum Gasteiger partial charge on any atom is -0.508 e. The van der Waals surface area contributed by atoms with Gasteiger partial charge in [-0.15, -0.1) is 0 Å². The van der Waals surface area contributed by atoms with Gasteiger partial charge in [0.25, 0.3) is 0 Å². The number of hydrogen-bond donors (Lipinski definition) is 9. The van der Waals surface area contributed by atoms with E-state index in [-0.39, 0.29) is 28.4 Å². The predicted octanol–water partition coefficient (Wildman–Crippen LogP) is -1.74. The standard InChI is InChI=1S/C27H30O15/c1-9-17(31)20(34)22(36)26(38-9)39-12-6-13(30)16-14(7-12)40-24(10-2-4-11(29)5-3-10)25(19(16)33)42-27-23(37)21(35)18(32)15(8-28)41-27/h2-7,9,15,17-18,20-23,26-32,34-37H,8H2,1H3/t9-,15-,17+,18+,20-,21+,22-,23-,26+,27+/m1/s1. The summed E-state index contributed by atoms with van der Waals surface area (Å²) in [5.74, 6) is -1.77. The van der Waals surface area contributed by atoms with Gasteiger partial charge in [0.05, 0.1) is 12.7 Å². The summed E-state index contributed by atoms with van der Waals surface area (Å²) in [5.41, 5.74) is -1.01. The second-order valence-electron chi connectivity index (χ2n) is 10.1. The highest BCUT2D eigenvalue weighted by atomic mass is 16.7. The van der Waals surface area contributed by atoms with Gasteiger partial charge in [0.1, 0.15) is 70.9 Å². The van der Waals surface area contributed by atoms with Crippen molar-refractivity contribution in [3.05, 3.63) is 46.6 Å². The van der Waals surface area contributed by atoms with Gasteiger partial charge in [-0.3, -0.25) is 4.79 Å². The van der Waals surface area contributed by atoms with Crippen molar-refractivity contribution in [1.29, 1.82) is 0 Å². The molecule has 0 saturated carbocycles. The third kappa shape index (κ3) is 5.37. The van der Waals surface area contributed by atoms with E-state index in [4.69, 9.17) is 23.4 Å². The molecule has 0 spiro atoms. The molecule has 2 saturated heterocycles. The van der Waals surface area contributed by atoms with E-state index in [0.717, 1.165) is 6.07 Å². The fourth-order valence-electron chi connectivity index (χ4n) is 4.76. The minimum atomic E-state index is -1.87. The van der Waals surface area contributed by atoms with Crippen molar-refractivity contribution >= 4 is 11.0 Å². The summed E-state index contributed by atoms with van der Waals surface area (Å²) in [7, 11) is 0. The number of phenolic OH excluding ortho intramolecular Hbond substituents is 2. The molecule has 2 fully saturated rings. The lowest BCUT2D eigenvalue weighted by atomic mass is 9.99. The molecule has 2 aliphatic rings. The van der Waals surface area contributed by atoms with Crippen LogP contribution in [0.15, 0.2) is 45.6 Å². The van der Waals surface area contributed by atoms with E-state index in [2.05, 4.69) is 0 Å². The molecule has 15 heteroatoms. The maximum atomic E-state index is 13.7. The van der Waals surface area contributed by atoms with Crippen molar-refractivity contribution in [2.24, 2.45) is 0 Å². The van der Waals surface area contributed by atoms with Gasteiger partial charge in [-0.2, -0.15) is 0 Å². The van der Waals surface area contributed by atoms with Crippen LogP contribution in [0.5, 0.6) is 23.0 Å². The highest BCUT2D eigenvalue weighted by Crippen LogP contribution is 2.38. The highest BCUT2D eigenvalue weighted by molar-refractivity contribution is 5.88. The van der Waals surface area contributed by atoms with Crippen molar-refractivity contribution in [3.63, 3.8) is 0 Å². The van der Waals surface area contributed by atoms with Gasteiger partial charge in [-0.05, 0) is 31.2 Å². The van der Waals surface area contributed by atoms with Crippen molar-refractivity contribution < 1.29 is 69.3 Å². The molecule has 2 aliphatic heterocycles. The zero-order valence-electron chi connectivity index (χ0n) is 21.9. The van der Waals surface area contributed by atoms with E-state index in [9.17, 15) is 50.8 Å². The van der Waals surface area contributed by atoms with Crippen LogP contribution in [0.4, 0.5) is 0 Å². The largest absolute Gasteiger partial charge is 0.508 e. The van der Waals surface area contributed by atoms with Gasteiger partial charge >= 0.3 is 0 Å². The van der Waals surface area contributed by atoms with E-state index < -0.39 is 90.3 Å². The van der Waals surface area contributed by atoms with Gasteiger partial charge in [-0.1, -0.05) is 0 Å². The number of aromatic hydroxyl groups is 2. The van der Waals surface area contributed by atoms with Gasteiger partial charge in [0, 0.05) is 17.7 Å². The van der Waals surface area contributed by atoms with Crippen molar-refractivity contribution in [2.45, 2.75) is 68.3 Å². The first-order chi connectivity index (χ1) is 19.9. The quantitative estimate of drug-likeness (QED) is 0.154. The molecule has 3 heterocycles. The summed E-state index contributed by atoms with van der Waals surface area (Å²) >= 11 is 0. The number of rotatable bonds is 6. The minimum absolute atomic E-state index is 0.112. The summed E-state index contributed by atoms with van der Waals surface area (Å²) in [6, 6.07) is 7.53. The van der Waals surface area contributed by atoms with Gasteiger partial charge < -0.3 is 69.3 Å². The molecule has 0 unspecified atom stereocenters. The molecule has 228 valence electrons. The molecular formula is C27H30O15. The Morgan fingerprint density at radius 1 is 0.786 bits per heavy atom. The van der Waals surface area contributed by atoms with Crippen LogP contribution < -0.4 is 14.9 Å². The van der Waals surface area contributed by atoms with Crippen LogP contribution in [-0.2, 0) is 9.47 Å². The van der Waals surface area contributed by atoms with Crippen LogP contribution in [0.3, 0.4) is 0 Å². The summed E-state index contributed by atoms with van der Waals surface area (Å²) in [6.45, 7) is 0.702. The van der Waals surface area contributed by atoms with E-state index in [1.54, 1.807) is 0 Å². The second kappa shape index (κ2) is 11.6. The lowest BCUT2D eigenvalue weighted by molar-refractivity contribution is -0.277. The van der Waals surface area contributed by atoms with Crippen LogP contribution in [0, 0.1) is 0 Å². The van der Waals surface area contributed by atoms with Gasteiger partial charge in [-0.25, -0.2) is 0 Å². The fourth-order valence-corrected chi connectivity index (χ4v) is 4.76. The van der Waals surface area contributed by atoms with Crippen LogP contribution in [0.1, 0.15) is 6.92 Å². The smallest absolute Gasteiger partial charge is 0.239 e. The molecule has 9 N–H and O–H groups in total. The Labute approximate surface area is 236 Å². The fraction of sp³-hybridized carbons (Fsp3) is 0.444. The first-order valence-corrected chi connectivity index (χ1v) is 12.9. The van der Waals surface area contributed by atoms with E-state index >= 15 is 0 Å². The molecule has 10 atom stereocenters. The van der Waals surface area contributed by atoms with Crippen LogP contribution in [-0.4, -0.2) is 114 Å². The normalized spacial score (nSPS) is 33.4. The van der Waals surface area contributed by atoms with Crippen molar-refractivity contribution in [3.8, 4) is 34.3 Å². The average Bonchev–Trinajstić information content (AvgIpc) is 2.96. The lowest BCUT2D eigenvalue weighted by Gasteiger charge is -2.39. The van der Waals surface area contributed by atoms with Crippen LogP contribution in [0.2, 0.25) is 0 Å². The van der Waals surface area contributed by atoms with E-state index in [1.807, 2.05) is 0 Å². The first-order valence-electron chi connectivity index (χ1n) is 12.9. The lowest BCUT2D eigenvalue weighted by Crippen LogP contribution is -2.60. The zero-order valence-corrected chi connectivity index (χ0v) is 21.9. The number of phenols is 2. The van der Waals surface area contributed by atoms with Crippen molar-refractivity contribution in [1.82, 2.24) is 0 Å². The summed E-state index contributed by atoms with van der Waals surface area (Å²) in [6.07, 6.45) is -15.5.